The maximum atomic E-state index is 5.78. The number of ether oxygens (including phenoxy) is 1. The maximum absolute atomic E-state index is 5.78. The van der Waals surface area contributed by atoms with Gasteiger partial charge in [0.25, 0.3) is 0 Å². The van der Waals surface area contributed by atoms with Crippen molar-refractivity contribution in [1.82, 2.24) is 10.2 Å². The summed E-state index contributed by atoms with van der Waals surface area (Å²) in [5.74, 6) is 1.07. The van der Waals surface area contributed by atoms with Crippen molar-refractivity contribution in [2.75, 3.05) is 7.11 Å². The molecule has 0 amide bonds. The summed E-state index contributed by atoms with van der Waals surface area (Å²) in [6.07, 6.45) is 1.38. The van der Waals surface area contributed by atoms with Gasteiger partial charge in [0, 0.05) is 7.11 Å². The second-order valence-electron chi connectivity index (χ2n) is 4.19. The van der Waals surface area contributed by atoms with E-state index in [2.05, 4.69) is 10.2 Å². The molecule has 0 aliphatic heterocycles. The SMILES string of the molecule is CCC(N)c1nnc(CC(C)(C)OC)o1. The molecule has 86 valence electrons. The van der Waals surface area contributed by atoms with E-state index in [9.17, 15) is 0 Å². The van der Waals surface area contributed by atoms with Crippen molar-refractivity contribution in [2.45, 2.75) is 45.3 Å². The first-order valence-electron chi connectivity index (χ1n) is 5.11. The molecule has 1 aromatic heterocycles. The molecule has 1 rings (SSSR count). The van der Waals surface area contributed by atoms with Gasteiger partial charge in [-0.05, 0) is 20.3 Å². The van der Waals surface area contributed by atoms with Crippen LogP contribution in [0.15, 0.2) is 4.42 Å². The second-order valence-corrected chi connectivity index (χ2v) is 4.19. The van der Waals surface area contributed by atoms with Gasteiger partial charge in [0.1, 0.15) is 0 Å². The lowest BCUT2D eigenvalue weighted by Gasteiger charge is -2.20. The molecule has 5 nitrogen and oxygen atoms in total. The van der Waals surface area contributed by atoms with Crippen molar-refractivity contribution >= 4 is 0 Å². The van der Waals surface area contributed by atoms with Crippen LogP contribution in [0.2, 0.25) is 0 Å². The smallest absolute Gasteiger partial charge is 0.233 e. The summed E-state index contributed by atoms with van der Waals surface area (Å²) in [6.45, 7) is 5.92. The molecule has 0 spiro atoms. The molecule has 0 aliphatic carbocycles. The van der Waals surface area contributed by atoms with Crippen LogP contribution in [0, 0.1) is 0 Å². The third-order valence-electron chi connectivity index (χ3n) is 2.37. The van der Waals surface area contributed by atoms with Crippen LogP contribution in [0.4, 0.5) is 0 Å². The van der Waals surface area contributed by atoms with Crippen LogP contribution < -0.4 is 5.73 Å². The Hall–Kier alpha value is -0.940. The van der Waals surface area contributed by atoms with Gasteiger partial charge >= 0.3 is 0 Å². The molecular weight excluding hydrogens is 194 g/mol. The average Bonchev–Trinajstić information content (AvgIpc) is 2.64. The minimum atomic E-state index is -0.292. The molecule has 2 N–H and O–H groups in total. The van der Waals surface area contributed by atoms with Crippen molar-refractivity contribution in [3.05, 3.63) is 11.8 Å². The number of nitrogens with zero attached hydrogens (tertiary/aromatic N) is 2. The van der Waals surface area contributed by atoms with Gasteiger partial charge in [0.05, 0.1) is 18.1 Å². The number of aromatic nitrogens is 2. The first-order valence-corrected chi connectivity index (χ1v) is 5.11. The van der Waals surface area contributed by atoms with Gasteiger partial charge in [0.2, 0.25) is 11.8 Å². The van der Waals surface area contributed by atoms with E-state index in [1.807, 2.05) is 20.8 Å². The van der Waals surface area contributed by atoms with Gasteiger partial charge < -0.3 is 14.9 Å². The highest BCUT2D eigenvalue weighted by Crippen LogP contribution is 2.17. The molecule has 0 saturated heterocycles. The van der Waals surface area contributed by atoms with E-state index in [1.54, 1.807) is 7.11 Å². The van der Waals surface area contributed by atoms with Gasteiger partial charge in [0.15, 0.2) is 0 Å². The van der Waals surface area contributed by atoms with Gasteiger partial charge in [-0.2, -0.15) is 0 Å². The van der Waals surface area contributed by atoms with Gasteiger partial charge in [-0.15, -0.1) is 10.2 Å². The third-order valence-corrected chi connectivity index (χ3v) is 2.37. The molecule has 0 bridgehead atoms. The van der Waals surface area contributed by atoms with E-state index in [1.165, 1.54) is 0 Å². The standard InChI is InChI=1S/C10H19N3O2/c1-5-7(11)9-13-12-8(15-9)6-10(2,3)14-4/h7H,5-6,11H2,1-4H3. The molecule has 15 heavy (non-hydrogen) atoms. The first-order chi connectivity index (χ1) is 6.98. The van der Waals surface area contributed by atoms with Crippen LogP contribution in [-0.4, -0.2) is 22.9 Å². The van der Waals surface area contributed by atoms with E-state index in [-0.39, 0.29) is 11.6 Å². The Morgan fingerprint density at radius 1 is 1.47 bits per heavy atom. The molecular formula is C10H19N3O2. The van der Waals surface area contributed by atoms with Crippen molar-refractivity contribution in [2.24, 2.45) is 5.73 Å². The molecule has 5 heteroatoms. The molecule has 0 saturated carbocycles. The Balaban J connectivity index is 2.68. The molecule has 1 unspecified atom stereocenters. The van der Waals surface area contributed by atoms with Crippen molar-refractivity contribution < 1.29 is 9.15 Å². The van der Waals surface area contributed by atoms with E-state index >= 15 is 0 Å². The summed E-state index contributed by atoms with van der Waals surface area (Å²) >= 11 is 0. The predicted molar refractivity (Wildman–Crippen MR) is 56.3 cm³/mol. The molecule has 1 atom stereocenters. The van der Waals surface area contributed by atoms with E-state index in [0.717, 1.165) is 6.42 Å². The topological polar surface area (TPSA) is 74.2 Å². The molecule has 0 aromatic carbocycles. The van der Waals surface area contributed by atoms with Crippen LogP contribution in [0.25, 0.3) is 0 Å². The lowest BCUT2D eigenvalue weighted by molar-refractivity contribution is 0.0178. The second kappa shape index (κ2) is 4.72. The summed E-state index contributed by atoms with van der Waals surface area (Å²) in [7, 11) is 1.66. The van der Waals surface area contributed by atoms with Gasteiger partial charge in [-0.25, -0.2) is 0 Å². The first kappa shape index (κ1) is 12.1. The summed E-state index contributed by atoms with van der Waals surface area (Å²) in [6, 6.07) is -0.170. The number of hydrogen-bond donors (Lipinski definition) is 1. The minimum absolute atomic E-state index is 0.170. The number of methoxy groups -OCH3 is 1. The van der Waals surface area contributed by atoms with Crippen molar-refractivity contribution in [3.63, 3.8) is 0 Å². The minimum Gasteiger partial charge on any atom is -0.423 e. The molecule has 1 aromatic rings. The quantitative estimate of drug-likeness (QED) is 0.801. The number of rotatable bonds is 5. The Morgan fingerprint density at radius 2 is 2.13 bits per heavy atom. The summed E-state index contributed by atoms with van der Waals surface area (Å²) in [5.41, 5.74) is 5.48. The molecule has 0 radical (unpaired) electrons. The summed E-state index contributed by atoms with van der Waals surface area (Å²) in [4.78, 5) is 0. The third kappa shape index (κ3) is 3.28. The van der Waals surface area contributed by atoms with Gasteiger partial charge in [-0.3, -0.25) is 0 Å². The van der Waals surface area contributed by atoms with Crippen LogP contribution in [-0.2, 0) is 11.2 Å². The number of nitrogens with two attached hydrogens (primary N) is 1. The Bertz CT molecular complexity index is 309. The zero-order valence-corrected chi connectivity index (χ0v) is 9.78. The van der Waals surface area contributed by atoms with Crippen LogP contribution in [0.5, 0.6) is 0 Å². The predicted octanol–water partition coefficient (Wildman–Crippen LogP) is 1.45. The Kier molecular flexibility index (Phi) is 3.82. The zero-order valence-electron chi connectivity index (χ0n) is 9.78. The largest absolute Gasteiger partial charge is 0.423 e. The highest BCUT2D eigenvalue weighted by molar-refractivity contribution is 4.91. The average molecular weight is 213 g/mol. The maximum Gasteiger partial charge on any atom is 0.233 e. The van der Waals surface area contributed by atoms with Crippen LogP contribution >= 0.6 is 0 Å². The summed E-state index contributed by atoms with van der Waals surface area (Å²) < 4.78 is 10.7. The van der Waals surface area contributed by atoms with Crippen LogP contribution in [0.1, 0.15) is 45.0 Å². The lowest BCUT2D eigenvalue weighted by Crippen LogP contribution is -2.25. The van der Waals surface area contributed by atoms with E-state index in [4.69, 9.17) is 14.9 Å². The highest BCUT2D eigenvalue weighted by atomic mass is 16.5. The normalized spacial score (nSPS) is 14.2. The fraction of sp³-hybridized carbons (Fsp3) is 0.800. The fourth-order valence-electron chi connectivity index (χ4n) is 1.10. The fourth-order valence-corrected chi connectivity index (χ4v) is 1.10. The Morgan fingerprint density at radius 3 is 2.67 bits per heavy atom. The van der Waals surface area contributed by atoms with Gasteiger partial charge in [-0.1, -0.05) is 6.92 Å². The van der Waals surface area contributed by atoms with Crippen molar-refractivity contribution in [1.29, 1.82) is 0 Å². The number of hydrogen-bond acceptors (Lipinski definition) is 5. The molecule has 0 fully saturated rings. The zero-order chi connectivity index (χ0) is 11.5. The van der Waals surface area contributed by atoms with Crippen molar-refractivity contribution in [3.8, 4) is 0 Å². The Labute approximate surface area is 90.0 Å². The van der Waals surface area contributed by atoms with Crippen LogP contribution in [0.3, 0.4) is 0 Å². The van der Waals surface area contributed by atoms with E-state index < -0.39 is 0 Å². The summed E-state index contributed by atoms with van der Waals surface area (Å²) in [5, 5.41) is 7.85. The highest BCUT2D eigenvalue weighted by Gasteiger charge is 2.22. The lowest BCUT2D eigenvalue weighted by atomic mass is 10.1. The monoisotopic (exact) mass is 213 g/mol. The molecule has 1 heterocycles. The molecule has 0 aliphatic rings. The van der Waals surface area contributed by atoms with E-state index in [0.29, 0.717) is 18.2 Å².